The first-order chi connectivity index (χ1) is 5.93. The van der Waals surface area contributed by atoms with Crippen molar-refractivity contribution in [2.24, 2.45) is 0 Å². The van der Waals surface area contributed by atoms with Crippen molar-refractivity contribution >= 4 is 11.8 Å². The molecule has 0 aromatic heterocycles. The lowest BCUT2D eigenvalue weighted by atomic mass is 10.2. The van der Waals surface area contributed by atoms with Gasteiger partial charge in [-0.05, 0) is 24.2 Å². The van der Waals surface area contributed by atoms with Crippen LogP contribution in [0.15, 0.2) is 34.6 Å². The summed E-state index contributed by atoms with van der Waals surface area (Å²) in [6, 6.07) is 0. The SMILES string of the molecule is C=CS/C(C)=C(\C=C\C)C(F)(F)F. The summed E-state index contributed by atoms with van der Waals surface area (Å²) in [6.07, 6.45) is -1.85. The van der Waals surface area contributed by atoms with Crippen LogP contribution in [0.5, 0.6) is 0 Å². The van der Waals surface area contributed by atoms with E-state index >= 15 is 0 Å². The number of rotatable bonds is 3. The maximum Gasteiger partial charge on any atom is 0.417 e. The number of allylic oxidation sites excluding steroid dienone is 4. The molecule has 4 heteroatoms. The molecule has 0 unspecified atom stereocenters. The van der Waals surface area contributed by atoms with Gasteiger partial charge in [-0.2, -0.15) is 13.2 Å². The van der Waals surface area contributed by atoms with Gasteiger partial charge < -0.3 is 0 Å². The third-order valence-corrected chi connectivity index (χ3v) is 2.02. The summed E-state index contributed by atoms with van der Waals surface area (Å²) in [5.74, 6) is 0. The van der Waals surface area contributed by atoms with Crippen molar-refractivity contribution in [3.05, 3.63) is 34.6 Å². The summed E-state index contributed by atoms with van der Waals surface area (Å²) >= 11 is 0.978. The van der Waals surface area contributed by atoms with E-state index in [0.717, 1.165) is 17.8 Å². The Kier molecular flexibility index (Phi) is 4.91. The molecule has 0 saturated carbocycles. The molecule has 74 valence electrons. The first kappa shape index (κ1) is 12.4. The highest BCUT2D eigenvalue weighted by molar-refractivity contribution is 8.05. The van der Waals surface area contributed by atoms with Crippen LogP contribution in [-0.2, 0) is 0 Å². The van der Waals surface area contributed by atoms with E-state index < -0.39 is 11.7 Å². The maximum atomic E-state index is 12.3. The molecule has 0 bridgehead atoms. The van der Waals surface area contributed by atoms with Crippen molar-refractivity contribution in [1.29, 1.82) is 0 Å². The molecule has 0 N–H and O–H groups in total. The van der Waals surface area contributed by atoms with Gasteiger partial charge in [0, 0.05) is 0 Å². The number of alkyl halides is 3. The fraction of sp³-hybridized carbons (Fsp3) is 0.333. The second kappa shape index (κ2) is 5.17. The molecule has 0 nitrogen and oxygen atoms in total. The molecule has 0 atom stereocenters. The van der Waals surface area contributed by atoms with Crippen LogP contribution in [0.25, 0.3) is 0 Å². The van der Waals surface area contributed by atoms with Crippen LogP contribution >= 0.6 is 11.8 Å². The molecule has 0 aliphatic heterocycles. The number of thioether (sulfide) groups is 1. The monoisotopic (exact) mass is 208 g/mol. The zero-order valence-corrected chi connectivity index (χ0v) is 8.30. The van der Waals surface area contributed by atoms with Crippen LogP contribution in [-0.4, -0.2) is 6.18 Å². The summed E-state index contributed by atoms with van der Waals surface area (Å²) in [4.78, 5) is 0.209. The largest absolute Gasteiger partial charge is 0.417 e. The molecule has 0 aliphatic rings. The Hall–Kier alpha value is -0.640. The van der Waals surface area contributed by atoms with Crippen LogP contribution < -0.4 is 0 Å². The maximum absolute atomic E-state index is 12.3. The van der Waals surface area contributed by atoms with Gasteiger partial charge >= 0.3 is 6.18 Å². The lowest BCUT2D eigenvalue weighted by Gasteiger charge is -2.10. The molecule has 0 saturated heterocycles. The first-order valence-corrected chi connectivity index (χ1v) is 4.49. The Morgan fingerprint density at radius 1 is 1.38 bits per heavy atom. The molecule has 0 rings (SSSR count). The summed E-state index contributed by atoms with van der Waals surface area (Å²) in [5, 5.41) is 1.38. The third-order valence-electron chi connectivity index (χ3n) is 1.28. The molecule has 0 radical (unpaired) electrons. The number of hydrogen-bond donors (Lipinski definition) is 0. The van der Waals surface area contributed by atoms with Gasteiger partial charge in [-0.1, -0.05) is 18.7 Å². The van der Waals surface area contributed by atoms with Gasteiger partial charge in [0.15, 0.2) is 0 Å². The second-order valence-electron chi connectivity index (χ2n) is 2.25. The van der Waals surface area contributed by atoms with E-state index in [0.29, 0.717) is 0 Å². The molecule has 0 spiro atoms. The predicted octanol–water partition coefficient (Wildman–Crippen LogP) is 4.28. The molecule has 0 amide bonds. The molecule has 0 aromatic rings. The second-order valence-corrected chi connectivity index (χ2v) is 3.43. The Bertz CT molecular complexity index is 236. The van der Waals surface area contributed by atoms with Crippen molar-refractivity contribution in [2.45, 2.75) is 20.0 Å². The van der Waals surface area contributed by atoms with Crippen LogP contribution in [0.3, 0.4) is 0 Å². The summed E-state index contributed by atoms with van der Waals surface area (Å²) in [7, 11) is 0. The molecule has 0 heterocycles. The molecule has 0 aliphatic carbocycles. The molecule has 0 fully saturated rings. The minimum Gasteiger partial charge on any atom is -0.166 e. The van der Waals surface area contributed by atoms with E-state index in [2.05, 4.69) is 6.58 Å². The molecular weight excluding hydrogens is 197 g/mol. The Morgan fingerprint density at radius 2 is 1.92 bits per heavy atom. The smallest absolute Gasteiger partial charge is 0.166 e. The average molecular weight is 208 g/mol. The van der Waals surface area contributed by atoms with Gasteiger partial charge in [0.2, 0.25) is 0 Å². The van der Waals surface area contributed by atoms with E-state index in [4.69, 9.17) is 0 Å². The van der Waals surface area contributed by atoms with Gasteiger partial charge in [0.05, 0.1) is 5.57 Å². The lowest BCUT2D eigenvalue weighted by molar-refractivity contribution is -0.0885. The fourth-order valence-electron chi connectivity index (χ4n) is 0.767. The number of halogens is 3. The average Bonchev–Trinajstić information content (AvgIpc) is 1.98. The van der Waals surface area contributed by atoms with E-state index in [-0.39, 0.29) is 4.91 Å². The van der Waals surface area contributed by atoms with Crippen LogP contribution in [0.2, 0.25) is 0 Å². The summed E-state index contributed by atoms with van der Waals surface area (Å²) < 4.78 is 37.0. The van der Waals surface area contributed by atoms with Gasteiger partial charge in [-0.25, -0.2) is 0 Å². The normalized spacial score (nSPS) is 14.5. The Balaban J connectivity index is 4.99. The highest BCUT2D eigenvalue weighted by Gasteiger charge is 2.33. The Labute approximate surface area is 80.2 Å². The van der Waals surface area contributed by atoms with Crippen molar-refractivity contribution in [3.8, 4) is 0 Å². The number of hydrogen-bond acceptors (Lipinski definition) is 1. The molecule has 13 heavy (non-hydrogen) atoms. The van der Waals surface area contributed by atoms with Gasteiger partial charge in [0.1, 0.15) is 0 Å². The van der Waals surface area contributed by atoms with E-state index in [1.807, 2.05) is 0 Å². The van der Waals surface area contributed by atoms with Crippen LogP contribution in [0, 0.1) is 0 Å². The zero-order chi connectivity index (χ0) is 10.5. The lowest BCUT2D eigenvalue weighted by Crippen LogP contribution is -2.11. The highest BCUT2D eigenvalue weighted by Crippen LogP contribution is 2.33. The minimum atomic E-state index is -4.29. The fourth-order valence-corrected chi connectivity index (χ4v) is 1.33. The van der Waals surface area contributed by atoms with Crippen molar-refractivity contribution in [1.82, 2.24) is 0 Å². The van der Waals surface area contributed by atoms with E-state index in [9.17, 15) is 13.2 Å². The molecular formula is C9H11F3S. The van der Waals surface area contributed by atoms with Crippen LogP contribution in [0.1, 0.15) is 13.8 Å². The Morgan fingerprint density at radius 3 is 2.23 bits per heavy atom. The third kappa shape index (κ3) is 4.22. The van der Waals surface area contributed by atoms with E-state index in [1.54, 1.807) is 6.92 Å². The summed E-state index contributed by atoms with van der Waals surface area (Å²) in [6.45, 7) is 6.34. The topological polar surface area (TPSA) is 0 Å². The minimum absolute atomic E-state index is 0.209. The predicted molar refractivity (Wildman–Crippen MR) is 51.4 cm³/mol. The van der Waals surface area contributed by atoms with Crippen molar-refractivity contribution in [3.63, 3.8) is 0 Å². The first-order valence-electron chi connectivity index (χ1n) is 3.61. The zero-order valence-electron chi connectivity index (χ0n) is 7.48. The van der Waals surface area contributed by atoms with E-state index in [1.165, 1.54) is 18.4 Å². The van der Waals surface area contributed by atoms with Gasteiger partial charge in [-0.15, -0.1) is 11.8 Å². The van der Waals surface area contributed by atoms with Crippen molar-refractivity contribution in [2.75, 3.05) is 0 Å². The van der Waals surface area contributed by atoms with Crippen LogP contribution in [0.4, 0.5) is 13.2 Å². The highest BCUT2D eigenvalue weighted by atomic mass is 32.2. The molecule has 0 aromatic carbocycles. The summed E-state index contributed by atoms with van der Waals surface area (Å²) in [5.41, 5.74) is -0.611. The van der Waals surface area contributed by atoms with Gasteiger partial charge in [0.25, 0.3) is 0 Å². The van der Waals surface area contributed by atoms with Gasteiger partial charge in [-0.3, -0.25) is 0 Å². The quantitative estimate of drug-likeness (QED) is 0.624. The van der Waals surface area contributed by atoms with Crippen molar-refractivity contribution < 1.29 is 13.2 Å². The standard InChI is InChI=1S/C9H11F3S/c1-4-6-8(9(10,11)12)7(3)13-5-2/h4-6H,2H2,1,3H3/b6-4+,8-7+.